The number of nitrogens with zero attached hydrogens (tertiary/aromatic N) is 2. The summed E-state index contributed by atoms with van der Waals surface area (Å²) >= 11 is 0. The first-order valence-corrected chi connectivity index (χ1v) is 7.48. The van der Waals surface area contributed by atoms with Crippen molar-refractivity contribution in [2.75, 3.05) is 11.9 Å². The Morgan fingerprint density at radius 3 is 2.79 bits per heavy atom. The first-order valence-electron chi connectivity index (χ1n) is 7.48. The zero-order valence-electron chi connectivity index (χ0n) is 12.1. The molecule has 0 aromatic carbocycles. The standard InChI is InChI=1S/C15H25N3O/c1-3-9-16-14-10-12(2)17-15(18-14)11-19-13-7-5-4-6-8-13/h10,13H,3-9,11H2,1-2H3,(H,16,17,18). The zero-order valence-corrected chi connectivity index (χ0v) is 12.1. The fourth-order valence-electron chi connectivity index (χ4n) is 2.46. The minimum Gasteiger partial charge on any atom is -0.370 e. The van der Waals surface area contributed by atoms with Crippen LogP contribution in [-0.4, -0.2) is 22.6 Å². The fourth-order valence-corrected chi connectivity index (χ4v) is 2.46. The smallest absolute Gasteiger partial charge is 0.156 e. The minimum absolute atomic E-state index is 0.407. The van der Waals surface area contributed by atoms with Crippen molar-refractivity contribution in [2.24, 2.45) is 0 Å². The second kappa shape index (κ2) is 7.43. The Bertz CT molecular complexity index is 389. The van der Waals surface area contributed by atoms with Crippen LogP contribution in [0.25, 0.3) is 0 Å². The van der Waals surface area contributed by atoms with Crippen LogP contribution in [0, 0.1) is 6.92 Å². The van der Waals surface area contributed by atoms with Crippen molar-refractivity contribution in [1.82, 2.24) is 9.97 Å². The number of hydrogen-bond donors (Lipinski definition) is 1. The molecule has 2 rings (SSSR count). The molecule has 1 N–H and O–H groups in total. The Morgan fingerprint density at radius 2 is 2.05 bits per heavy atom. The molecule has 4 nitrogen and oxygen atoms in total. The molecule has 1 aliphatic carbocycles. The van der Waals surface area contributed by atoms with Gasteiger partial charge in [-0.05, 0) is 26.2 Å². The number of ether oxygens (including phenoxy) is 1. The number of nitrogens with one attached hydrogen (secondary N) is 1. The van der Waals surface area contributed by atoms with E-state index in [1.807, 2.05) is 13.0 Å². The van der Waals surface area contributed by atoms with Gasteiger partial charge in [0.05, 0.1) is 6.10 Å². The summed E-state index contributed by atoms with van der Waals surface area (Å²) in [5.41, 5.74) is 0.996. The molecule has 1 aliphatic rings. The average molecular weight is 263 g/mol. The summed E-state index contributed by atoms with van der Waals surface area (Å²) in [6.07, 6.45) is 7.82. The van der Waals surface area contributed by atoms with Crippen LogP contribution in [0.2, 0.25) is 0 Å². The third kappa shape index (κ3) is 4.78. The summed E-state index contributed by atoms with van der Waals surface area (Å²) in [7, 11) is 0. The second-order valence-electron chi connectivity index (χ2n) is 5.31. The average Bonchev–Trinajstić information content (AvgIpc) is 2.43. The summed E-state index contributed by atoms with van der Waals surface area (Å²) in [4.78, 5) is 8.96. The van der Waals surface area contributed by atoms with Crippen molar-refractivity contribution in [3.63, 3.8) is 0 Å². The Balaban J connectivity index is 1.89. The zero-order chi connectivity index (χ0) is 13.5. The van der Waals surface area contributed by atoms with E-state index in [0.717, 1.165) is 30.3 Å². The van der Waals surface area contributed by atoms with Gasteiger partial charge in [0.15, 0.2) is 5.82 Å². The molecule has 0 bridgehead atoms. The highest BCUT2D eigenvalue weighted by molar-refractivity contribution is 5.35. The molecule has 0 saturated heterocycles. The maximum absolute atomic E-state index is 5.93. The van der Waals surface area contributed by atoms with E-state index >= 15 is 0 Å². The number of aryl methyl sites for hydroxylation is 1. The molecule has 0 unspecified atom stereocenters. The van der Waals surface area contributed by atoms with Gasteiger partial charge in [-0.25, -0.2) is 9.97 Å². The molecule has 106 valence electrons. The van der Waals surface area contributed by atoms with Gasteiger partial charge < -0.3 is 10.1 Å². The predicted octanol–water partition coefficient (Wildman–Crippen LogP) is 3.46. The highest BCUT2D eigenvalue weighted by Gasteiger charge is 2.14. The lowest BCUT2D eigenvalue weighted by atomic mass is 9.98. The molecule has 0 radical (unpaired) electrons. The predicted molar refractivity (Wildman–Crippen MR) is 77.2 cm³/mol. The largest absolute Gasteiger partial charge is 0.370 e. The molecule has 0 amide bonds. The Morgan fingerprint density at radius 1 is 1.26 bits per heavy atom. The molecular formula is C15H25N3O. The number of rotatable bonds is 6. The van der Waals surface area contributed by atoms with E-state index in [1.165, 1.54) is 32.1 Å². The third-order valence-electron chi connectivity index (χ3n) is 3.46. The van der Waals surface area contributed by atoms with Gasteiger partial charge >= 0.3 is 0 Å². The van der Waals surface area contributed by atoms with Crippen LogP contribution < -0.4 is 5.32 Å². The lowest BCUT2D eigenvalue weighted by molar-refractivity contribution is 0.0135. The number of anilines is 1. The topological polar surface area (TPSA) is 47.0 Å². The summed E-state index contributed by atoms with van der Waals surface area (Å²) in [6, 6.07) is 1.99. The Kier molecular flexibility index (Phi) is 5.58. The van der Waals surface area contributed by atoms with E-state index in [0.29, 0.717) is 12.7 Å². The van der Waals surface area contributed by atoms with Crippen LogP contribution in [0.4, 0.5) is 5.82 Å². The van der Waals surface area contributed by atoms with E-state index in [9.17, 15) is 0 Å². The van der Waals surface area contributed by atoms with Crippen molar-refractivity contribution in [1.29, 1.82) is 0 Å². The maximum atomic E-state index is 5.93. The Hall–Kier alpha value is -1.16. The number of hydrogen-bond acceptors (Lipinski definition) is 4. The van der Waals surface area contributed by atoms with Crippen molar-refractivity contribution in [3.05, 3.63) is 17.6 Å². The van der Waals surface area contributed by atoms with Crippen LogP contribution in [0.15, 0.2) is 6.07 Å². The van der Waals surface area contributed by atoms with Crippen molar-refractivity contribution >= 4 is 5.82 Å². The van der Waals surface area contributed by atoms with Crippen molar-refractivity contribution in [3.8, 4) is 0 Å². The first-order chi connectivity index (χ1) is 9.28. The lowest BCUT2D eigenvalue weighted by Gasteiger charge is -2.21. The Labute approximate surface area is 116 Å². The summed E-state index contributed by atoms with van der Waals surface area (Å²) in [5, 5.41) is 3.31. The quantitative estimate of drug-likeness (QED) is 0.854. The molecule has 1 aromatic rings. The highest BCUT2D eigenvalue weighted by atomic mass is 16.5. The summed E-state index contributed by atoms with van der Waals surface area (Å²) in [6.45, 7) is 5.63. The molecule has 1 aromatic heterocycles. The molecule has 0 aliphatic heterocycles. The molecule has 4 heteroatoms. The van der Waals surface area contributed by atoms with E-state index in [2.05, 4.69) is 22.2 Å². The maximum Gasteiger partial charge on any atom is 0.156 e. The fraction of sp³-hybridized carbons (Fsp3) is 0.733. The van der Waals surface area contributed by atoms with E-state index in [-0.39, 0.29) is 0 Å². The van der Waals surface area contributed by atoms with E-state index in [4.69, 9.17) is 4.74 Å². The highest BCUT2D eigenvalue weighted by Crippen LogP contribution is 2.21. The normalized spacial score (nSPS) is 16.5. The monoisotopic (exact) mass is 263 g/mol. The molecule has 19 heavy (non-hydrogen) atoms. The van der Waals surface area contributed by atoms with E-state index in [1.54, 1.807) is 0 Å². The van der Waals surface area contributed by atoms with Gasteiger partial charge in [-0.2, -0.15) is 0 Å². The molecule has 0 atom stereocenters. The van der Waals surface area contributed by atoms with Crippen LogP contribution in [0.5, 0.6) is 0 Å². The second-order valence-corrected chi connectivity index (χ2v) is 5.31. The first kappa shape index (κ1) is 14.3. The molecule has 0 spiro atoms. The van der Waals surface area contributed by atoms with Gasteiger partial charge in [0.2, 0.25) is 0 Å². The summed E-state index contributed by atoms with van der Waals surface area (Å²) < 4.78 is 5.93. The van der Waals surface area contributed by atoms with Gasteiger partial charge in [0.1, 0.15) is 12.4 Å². The van der Waals surface area contributed by atoms with Crippen LogP contribution in [0.1, 0.15) is 57.0 Å². The van der Waals surface area contributed by atoms with Gasteiger partial charge in [-0.15, -0.1) is 0 Å². The molecule has 1 saturated carbocycles. The SMILES string of the molecule is CCCNc1cc(C)nc(COC2CCCCC2)n1. The van der Waals surface area contributed by atoms with Crippen LogP contribution in [0.3, 0.4) is 0 Å². The van der Waals surface area contributed by atoms with Crippen LogP contribution in [-0.2, 0) is 11.3 Å². The number of aromatic nitrogens is 2. The van der Waals surface area contributed by atoms with Gasteiger partial charge in [0, 0.05) is 18.3 Å². The molecule has 1 heterocycles. The van der Waals surface area contributed by atoms with E-state index < -0.39 is 0 Å². The van der Waals surface area contributed by atoms with Gasteiger partial charge in [0.25, 0.3) is 0 Å². The van der Waals surface area contributed by atoms with Gasteiger partial charge in [-0.3, -0.25) is 0 Å². The molecular weight excluding hydrogens is 238 g/mol. The van der Waals surface area contributed by atoms with Crippen molar-refractivity contribution in [2.45, 2.75) is 65.1 Å². The van der Waals surface area contributed by atoms with Crippen molar-refractivity contribution < 1.29 is 4.74 Å². The summed E-state index contributed by atoms with van der Waals surface area (Å²) in [5.74, 6) is 1.71. The minimum atomic E-state index is 0.407. The lowest BCUT2D eigenvalue weighted by Crippen LogP contribution is -2.17. The van der Waals surface area contributed by atoms with Gasteiger partial charge in [-0.1, -0.05) is 26.2 Å². The molecule has 1 fully saturated rings. The third-order valence-corrected chi connectivity index (χ3v) is 3.46. The van der Waals surface area contributed by atoms with Crippen LogP contribution >= 0.6 is 0 Å².